The van der Waals surface area contributed by atoms with Gasteiger partial charge >= 0.3 is 0 Å². The normalized spacial score (nSPS) is 16.2. The molecule has 1 saturated heterocycles. The number of anilines is 1. The number of alkyl halides is 1. The Morgan fingerprint density at radius 2 is 2.20 bits per heavy atom. The maximum Gasteiger partial charge on any atom is 0.294 e. The van der Waals surface area contributed by atoms with E-state index < -0.39 is 4.92 Å². The summed E-state index contributed by atoms with van der Waals surface area (Å²) < 4.78 is 5.25. The van der Waals surface area contributed by atoms with Crippen LogP contribution in [0, 0.1) is 10.1 Å². The molecule has 8 heteroatoms. The van der Waals surface area contributed by atoms with Crippen molar-refractivity contribution in [2.24, 2.45) is 10.7 Å². The first-order chi connectivity index (χ1) is 9.61. The van der Waals surface area contributed by atoms with Crippen molar-refractivity contribution in [3.8, 4) is 0 Å². The number of nitrogens with two attached hydrogens (primary N) is 1. The van der Waals surface area contributed by atoms with Gasteiger partial charge in [-0.15, -0.1) is 11.6 Å². The Morgan fingerprint density at radius 1 is 1.50 bits per heavy atom. The van der Waals surface area contributed by atoms with Gasteiger partial charge in [-0.25, -0.2) is 4.99 Å². The topological polar surface area (TPSA) is 94.0 Å². The number of benzene rings is 1. The number of aliphatic imine (C=N–C) groups is 1. The van der Waals surface area contributed by atoms with E-state index in [-0.39, 0.29) is 17.4 Å². The maximum atomic E-state index is 11.2. The van der Waals surface area contributed by atoms with E-state index in [9.17, 15) is 10.1 Å². The molecule has 20 heavy (non-hydrogen) atoms. The van der Waals surface area contributed by atoms with Gasteiger partial charge in [-0.05, 0) is 12.1 Å². The Hall–Kier alpha value is -1.86. The first-order valence-electron chi connectivity index (χ1n) is 6.12. The zero-order chi connectivity index (χ0) is 14.5. The Bertz CT molecular complexity index is 529. The summed E-state index contributed by atoms with van der Waals surface area (Å²) in [6, 6.07) is 4.78. The summed E-state index contributed by atoms with van der Waals surface area (Å²) in [6.45, 7) is 2.40. The minimum atomic E-state index is -0.416. The van der Waals surface area contributed by atoms with Crippen molar-refractivity contribution in [1.29, 1.82) is 0 Å². The first kappa shape index (κ1) is 14.5. The van der Waals surface area contributed by atoms with Crippen LogP contribution >= 0.6 is 11.6 Å². The molecule has 0 spiro atoms. The highest BCUT2D eigenvalue weighted by molar-refractivity contribution is 6.28. The molecule has 0 unspecified atom stereocenters. The van der Waals surface area contributed by atoms with Gasteiger partial charge in [0.05, 0.1) is 29.7 Å². The van der Waals surface area contributed by atoms with Crippen LogP contribution in [0.1, 0.15) is 0 Å². The minimum Gasteiger partial charge on any atom is -0.386 e. The van der Waals surface area contributed by atoms with Crippen molar-refractivity contribution in [3.05, 3.63) is 28.3 Å². The number of hydrogen-bond acceptors (Lipinski definition) is 5. The third-order valence-electron chi connectivity index (χ3n) is 2.92. The number of amidine groups is 1. The van der Waals surface area contributed by atoms with Gasteiger partial charge in [0.2, 0.25) is 0 Å². The standard InChI is InChI=1S/C12H15ClN4O3/c13-8-12(14)15-9-1-2-10(11(7-9)17(18)19)16-3-5-20-6-4-16/h1-2,7H,3-6,8H2,(H2,14,15). The lowest BCUT2D eigenvalue weighted by Crippen LogP contribution is -2.36. The summed E-state index contributed by atoms with van der Waals surface area (Å²) in [5, 5.41) is 11.2. The van der Waals surface area contributed by atoms with Crippen LogP contribution in [0.2, 0.25) is 0 Å². The average molecular weight is 299 g/mol. The number of ether oxygens (including phenoxy) is 1. The molecule has 1 fully saturated rings. The fourth-order valence-corrected chi connectivity index (χ4v) is 2.05. The second-order valence-electron chi connectivity index (χ2n) is 4.27. The number of nitro groups is 1. The lowest BCUT2D eigenvalue weighted by atomic mass is 10.2. The molecule has 0 amide bonds. The van der Waals surface area contributed by atoms with Crippen LogP contribution in [0.4, 0.5) is 17.1 Å². The van der Waals surface area contributed by atoms with Gasteiger partial charge in [0.15, 0.2) is 0 Å². The Balaban J connectivity index is 2.35. The zero-order valence-corrected chi connectivity index (χ0v) is 11.5. The van der Waals surface area contributed by atoms with Crippen molar-refractivity contribution >= 4 is 34.5 Å². The molecule has 2 N–H and O–H groups in total. The summed E-state index contributed by atoms with van der Waals surface area (Å²) in [5.74, 6) is 0.305. The van der Waals surface area contributed by atoms with Gasteiger partial charge in [0.1, 0.15) is 11.5 Å². The smallest absolute Gasteiger partial charge is 0.294 e. The van der Waals surface area contributed by atoms with Crippen LogP contribution in [0.15, 0.2) is 23.2 Å². The molecule has 108 valence electrons. The second kappa shape index (κ2) is 6.53. The molecule has 2 rings (SSSR count). The molecule has 7 nitrogen and oxygen atoms in total. The molecular weight excluding hydrogens is 284 g/mol. The van der Waals surface area contributed by atoms with Gasteiger partial charge in [0, 0.05) is 19.2 Å². The van der Waals surface area contributed by atoms with Crippen LogP contribution in [-0.4, -0.2) is 42.9 Å². The van der Waals surface area contributed by atoms with E-state index in [1.165, 1.54) is 6.07 Å². The Labute approximate surface area is 121 Å². The molecule has 0 atom stereocenters. The van der Waals surface area contributed by atoms with Crippen LogP contribution in [-0.2, 0) is 4.74 Å². The van der Waals surface area contributed by atoms with Crippen LogP contribution in [0.25, 0.3) is 0 Å². The first-order valence-corrected chi connectivity index (χ1v) is 6.65. The Morgan fingerprint density at radius 3 is 2.80 bits per heavy atom. The average Bonchev–Trinajstić information content (AvgIpc) is 2.48. The number of nitrogens with zero attached hydrogens (tertiary/aromatic N) is 3. The molecule has 0 saturated carbocycles. The SMILES string of the molecule is NC(CCl)=Nc1ccc(N2CCOCC2)c([N+](=O)[O-])c1. The third-order valence-corrected chi connectivity index (χ3v) is 3.19. The molecule has 1 aromatic carbocycles. The number of rotatable bonds is 4. The molecule has 0 aliphatic carbocycles. The molecule has 0 bridgehead atoms. The molecule has 1 aliphatic rings. The van der Waals surface area contributed by atoms with Gasteiger partial charge in [-0.1, -0.05) is 0 Å². The van der Waals surface area contributed by atoms with E-state index >= 15 is 0 Å². The number of nitro benzene ring substituents is 1. The van der Waals surface area contributed by atoms with Crippen molar-refractivity contribution in [3.63, 3.8) is 0 Å². The Kier molecular flexibility index (Phi) is 4.75. The summed E-state index contributed by atoms with van der Waals surface area (Å²) >= 11 is 5.55. The van der Waals surface area contributed by atoms with Crippen molar-refractivity contribution < 1.29 is 9.66 Å². The summed E-state index contributed by atoms with van der Waals surface area (Å²) in [4.78, 5) is 16.8. The van der Waals surface area contributed by atoms with Gasteiger partial charge < -0.3 is 15.4 Å². The fraction of sp³-hybridized carbons (Fsp3) is 0.417. The van der Waals surface area contributed by atoms with Crippen molar-refractivity contribution in [1.82, 2.24) is 0 Å². The monoisotopic (exact) mass is 298 g/mol. The fourth-order valence-electron chi connectivity index (χ4n) is 1.99. The quantitative estimate of drug-likeness (QED) is 0.300. The van der Waals surface area contributed by atoms with Gasteiger partial charge in [-0.2, -0.15) is 0 Å². The van der Waals surface area contributed by atoms with Crippen molar-refractivity contribution in [2.75, 3.05) is 37.1 Å². The van der Waals surface area contributed by atoms with E-state index in [1.807, 2.05) is 4.90 Å². The lowest BCUT2D eigenvalue weighted by Gasteiger charge is -2.28. The largest absolute Gasteiger partial charge is 0.386 e. The number of morpholine rings is 1. The molecule has 1 aromatic rings. The van der Waals surface area contributed by atoms with E-state index in [0.29, 0.717) is 37.7 Å². The molecule has 1 aliphatic heterocycles. The summed E-state index contributed by atoms with van der Waals surface area (Å²) in [6.07, 6.45) is 0. The summed E-state index contributed by atoms with van der Waals surface area (Å²) in [7, 11) is 0. The van der Waals surface area contributed by atoms with E-state index in [1.54, 1.807) is 12.1 Å². The number of hydrogen-bond donors (Lipinski definition) is 1. The summed E-state index contributed by atoms with van der Waals surface area (Å²) in [5.41, 5.74) is 6.54. The van der Waals surface area contributed by atoms with E-state index in [2.05, 4.69) is 4.99 Å². The molecule has 0 aromatic heterocycles. The van der Waals surface area contributed by atoms with E-state index in [0.717, 1.165) is 0 Å². The predicted octanol–water partition coefficient (Wildman–Crippen LogP) is 1.66. The second-order valence-corrected chi connectivity index (χ2v) is 4.53. The third kappa shape index (κ3) is 3.37. The minimum absolute atomic E-state index is 0.00974. The molecule has 0 radical (unpaired) electrons. The van der Waals surface area contributed by atoms with Crippen LogP contribution < -0.4 is 10.6 Å². The van der Waals surface area contributed by atoms with Crippen LogP contribution in [0.3, 0.4) is 0 Å². The predicted molar refractivity (Wildman–Crippen MR) is 78.1 cm³/mol. The van der Waals surface area contributed by atoms with Crippen molar-refractivity contribution in [2.45, 2.75) is 0 Å². The highest BCUT2D eigenvalue weighted by Crippen LogP contribution is 2.32. The van der Waals surface area contributed by atoms with Gasteiger partial charge in [-0.3, -0.25) is 10.1 Å². The highest BCUT2D eigenvalue weighted by Gasteiger charge is 2.21. The molecular formula is C12H15ClN4O3. The maximum absolute atomic E-state index is 11.2. The molecule has 1 heterocycles. The zero-order valence-electron chi connectivity index (χ0n) is 10.8. The van der Waals surface area contributed by atoms with E-state index in [4.69, 9.17) is 22.1 Å². The number of halogens is 1. The highest BCUT2D eigenvalue weighted by atomic mass is 35.5. The lowest BCUT2D eigenvalue weighted by molar-refractivity contribution is -0.384. The van der Waals surface area contributed by atoms with Gasteiger partial charge in [0.25, 0.3) is 5.69 Å². The van der Waals surface area contributed by atoms with Crippen LogP contribution in [0.5, 0.6) is 0 Å².